The minimum absolute atomic E-state index is 0.0500. The van der Waals surface area contributed by atoms with Crippen LogP contribution in [0.4, 0.5) is 11.4 Å². The smallest absolute Gasteiger partial charge is 0.252 e. The Hall–Kier alpha value is -5.31. The van der Waals surface area contributed by atoms with Gasteiger partial charge in [-0.15, -0.1) is 0 Å². The summed E-state index contributed by atoms with van der Waals surface area (Å²) in [7, 11) is 3.96. The van der Waals surface area contributed by atoms with Gasteiger partial charge in [0.1, 0.15) is 5.75 Å². The van der Waals surface area contributed by atoms with Crippen LogP contribution in [-0.2, 0) is 22.5 Å². The molecule has 1 heterocycles. The average molecular weight is 605 g/mol. The average Bonchev–Trinajstić information content (AvgIpc) is 3.45. The Balaban J connectivity index is 1.56. The van der Waals surface area contributed by atoms with E-state index >= 15 is 0 Å². The summed E-state index contributed by atoms with van der Waals surface area (Å²) in [5, 5.41) is 16.1. The first kappa shape index (κ1) is 31.1. The van der Waals surface area contributed by atoms with Crippen molar-refractivity contribution in [2.24, 2.45) is 10.1 Å². The number of nitrogens with zero attached hydrogens (tertiary/aromatic N) is 5. The summed E-state index contributed by atoms with van der Waals surface area (Å²) in [6.07, 6.45) is -0.132. The second-order valence-corrected chi connectivity index (χ2v) is 10.9. The molecule has 0 fully saturated rings. The minimum atomic E-state index is -1.43. The van der Waals surface area contributed by atoms with E-state index in [0.29, 0.717) is 48.0 Å². The molecule has 1 amide bonds. The molecule has 1 aliphatic heterocycles. The van der Waals surface area contributed by atoms with Crippen molar-refractivity contribution in [3.8, 4) is 5.75 Å². The van der Waals surface area contributed by atoms with E-state index in [2.05, 4.69) is 15.3 Å². The fourth-order valence-electron chi connectivity index (χ4n) is 5.26. The van der Waals surface area contributed by atoms with Gasteiger partial charge in [0.15, 0.2) is 11.6 Å². The van der Waals surface area contributed by atoms with Gasteiger partial charge in [-0.05, 0) is 53.1 Å². The predicted octanol–water partition coefficient (Wildman–Crippen LogP) is 6.27. The number of hydrogen-bond donors (Lipinski definition) is 2. The Morgan fingerprint density at radius 1 is 1.00 bits per heavy atom. The number of nitrogens with one attached hydrogen (secondary N) is 1. The number of carbonyl (C=O) groups is 1. The molecule has 0 aromatic heterocycles. The molecule has 5 rings (SSSR count). The summed E-state index contributed by atoms with van der Waals surface area (Å²) in [5.41, 5.74) is 12.4. The van der Waals surface area contributed by atoms with Gasteiger partial charge in [0.05, 0.1) is 6.61 Å². The molecule has 4 aromatic carbocycles. The van der Waals surface area contributed by atoms with E-state index in [1.54, 1.807) is 30.3 Å². The van der Waals surface area contributed by atoms with E-state index in [9.17, 15) is 10.3 Å². The number of aliphatic hydroxyl groups excluding tert-OH is 1. The molecule has 10 heteroatoms. The van der Waals surface area contributed by atoms with Crippen LogP contribution in [0, 0.1) is 0 Å². The molecule has 0 radical (unpaired) electrons. The van der Waals surface area contributed by atoms with Crippen LogP contribution in [0.15, 0.2) is 113 Å². The molecule has 230 valence electrons. The molecule has 0 saturated carbocycles. The Morgan fingerprint density at radius 3 is 2.40 bits per heavy atom. The lowest BCUT2D eigenvalue weighted by molar-refractivity contribution is -0.129. The number of ether oxygens (including phenoxy) is 2. The number of rotatable bonds is 13. The fraction of sp³-hybridized carbons (Fsp3) is 0.257. The monoisotopic (exact) mass is 604 g/mol. The highest BCUT2D eigenvalue weighted by Gasteiger charge is 2.53. The molecule has 2 atom stereocenters. The first-order valence-corrected chi connectivity index (χ1v) is 14.8. The second kappa shape index (κ2) is 14.4. The zero-order chi connectivity index (χ0) is 31.6. The second-order valence-electron chi connectivity index (χ2n) is 10.9. The molecular formula is C35H36N6O4. The molecular weight excluding hydrogens is 568 g/mol. The van der Waals surface area contributed by atoms with Crippen molar-refractivity contribution in [2.45, 2.75) is 31.0 Å². The molecule has 2 N–H and O–H groups in total. The molecule has 45 heavy (non-hydrogen) atoms. The molecule has 4 aromatic rings. The van der Waals surface area contributed by atoms with Crippen LogP contribution in [-0.4, -0.2) is 49.8 Å². The molecule has 0 unspecified atom stereocenters. The number of azide groups is 1. The maximum absolute atomic E-state index is 14.5. The zero-order valence-corrected chi connectivity index (χ0v) is 25.3. The van der Waals surface area contributed by atoms with E-state index in [0.717, 1.165) is 16.8 Å². The highest BCUT2D eigenvalue weighted by atomic mass is 16.5. The molecule has 0 spiro atoms. The standard InChI is InChI=1S/C35H36N6O4/c1-41(2)28-17-13-26(14-18-28)24-37-34(43)35(23-25-9-4-3-5-10-25)32(30-11-6-7-12-31(30)39-40-36)45-33(38-35)27-15-19-29(20-16-27)44-22-8-21-42/h3-7,9-20,32,42H,8,21-24H2,1-2H3,(H,37,43)/t32-,35-/m1/s1. The lowest BCUT2D eigenvalue weighted by Gasteiger charge is -2.31. The van der Waals surface area contributed by atoms with Crippen molar-refractivity contribution < 1.29 is 19.4 Å². The quantitative estimate of drug-likeness (QED) is 0.0803. The lowest BCUT2D eigenvalue weighted by atomic mass is 9.81. The van der Waals surface area contributed by atoms with Crippen molar-refractivity contribution in [3.05, 3.63) is 136 Å². The Morgan fingerprint density at radius 2 is 1.71 bits per heavy atom. The van der Waals surface area contributed by atoms with Crippen LogP contribution < -0.4 is 15.0 Å². The van der Waals surface area contributed by atoms with Gasteiger partial charge >= 0.3 is 0 Å². The lowest BCUT2D eigenvalue weighted by Crippen LogP contribution is -2.49. The molecule has 0 saturated heterocycles. The van der Waals surface area contributed by atoms with Crippen LogP contribution in [0.2, 0.25) is 0 Å². The largest absolute Gasteiger partial charge is 0.494 e. The Bertz CT molecular complexity index is 1670. The third-order valence-corrected chi connectivity index (χ3v) is 7.62. The summed E-state index contributed by atoms with van der Waals surface area (Å²) >= 11 is 0. The van der Waals surface area contributed by atoms with Gasteiger partial charge in [0, 0.05) is 67.5 Å². The van der Waals surface area contributed by atoms with Gasteiger partial charge < -0.3 is 24.8 Å². The maximum atomic E-state index is 14.5. The summed E-state index contributed by atoms with van der Waals surface area (Å²) in [6.45, 7) is 0.733. The normalized spacial score (nSPS) is 17.0. The number of amides is 1. The van der Waals surface area contributed by atoms with Crippen molar-refractivity contribution >= 4 is 23.2 Å². The maximum Gasteiger partial charge on any atom is 0.252 e. The van der Waals surface area contributed by atoms with Gasteiger partial charge in [0.2, 0.25) is 5.90 Å². The number of benzene rings is 4. The highest BCUT2D eigenvalue weighted by Crippen LogP contribution is 2.45. The van der Waals surface area contributed by atoms with E-state index < -0.39 is 11.6 Å². The Kier molecular flexibility index (Phi) is 9.99. The van der Waals surface area contributed by atoms with E-state index in [1.807, 2.05) is 91.8 Å². The highest BCUT2D eigenvalue weighted by molar-refractivity contribution is 6.01. The van der Waals surface area contributed by atoms with E-state index in [-0.39, 0.29) is 18.9 Å². The van der Waals surface area contributed by atoms with Gasteiger partial charge in [-0.2, -0.15) is 0 Å². The third kappa shape index (κ3) is 7.26. The predicted molar refractivity (Wildman–Crippen MR) is 175 cm³/mol. The number of aliphatic imine (C=N–C) groups is 1. The van der Waals surface area contributed by atoms with Crippen molar-refractivity contribution in [3.63, 3.8) is 0 Å². The number of carbonyl (C=O) groups excluding carboxylic acids is 1. The zero-order valence-electron chi connectivity index (χ0n) is 25.3. The van der Waals surface area contributed by atoms with Crippen LogP contribution in [0.3, 0.4) is 0 Å². The van der Waals surface area contributed by atoms with E-state index in [1.165, 1.54) is 0 Å². The first-order chi connectivity index (χ1) is 21.9. The van der Waals surface area contributed by atoms with Crippen LogP contribution >= 0.6 is 0 Å². The van der Waals surface area contributed by atoms with Gasteiger partial charge in [-0.1, -0.05) is 71.8 Å². The summed E-state index contributed by atoms with van der Waals surface area (Å²) in [5.74, 6) is 0.617. The van der Waals surface area contributed by atoms with Crippen LogP contribution in [0.25, 0.3) is 10.4 Å². The van der Waals surface area contributed by atoms with Crippen molar-refractivity contribution in [2.75, 3.05) is 32.2 Å². The summed E-state index contributed by atoms with van der Waals surface area (Å²) in [6, 6.07) is 32.0. The minimum Gasteiger partial charge on any atom is -0.494 e. The van der Waals surface area contributed by atoms with Crippen molar-refractivity contribution in [1.29, 1.82) is 0 Å². The molecule has 1 aliphatic rings. The SMILES string of the molecule is CN(C)c1ccc(CNC(=O)[C@]2(Cc3ccccc3)N=C(c3ccc(OCCCO)cc3)O[C@@H]2c2ccccc2N=[N+]=[N-])cc1. The van der Waals surface area contributed by atoms with Crippen LogP contribution in [0.5, 0.6) is 5.75 Å². The number of aliphatic hydroxyl groups is 1. The van der Waals surface area contributed by atoms with Crippen LogP contribution in [0.1, 0.15) is 34.8 Å². The molecule has 0 aliphatic carbocycles. The van der Waals surface area contributed by atoms with Crippen molar-refractivity contribution in [1.82, 2.24) is 5.32 Å². The fourth-order valence-corrected chi connectivity index (χ4v) is 5.26. The third-order valence-electron chi connectivity index (χ3n) is 7.62. The first-order valence-electron chi connectivity index (χ1n) is 14.8. The van der Waals surface area contributed by atoms with Gasteiger partial charge in [0.25, 0.3) is 5.91 Å². The molecule has 0 bridgehead atoms. The van der Waals surface area contributed by atoms with Gasteiger partial charge in [-0.3, -0.25) is 4.79 Å². The van der Waals surface area contributed by atoms with Gasteiger partial charge in [-0.25, -0.2) is 4.99 Å². The topological polar surface area (TPSA) is 132 Å². The Labute approximate surface area is 262 Å². The number of anilines is 1. The summed E-state index contributed by atoms with van der Waals surface area (Å²) < 4.78 is 12.3. The van der Waals surface area contributed by atoms with E-state index in [4.69, 9.17) is 19.6 Å². The number of hydrogen-bond acceptors (Lipinski definition) is 7. The molecule has 10 nitrogen and oxygen atoms in total. The summed E-state index contributed by atoms with van der Waals surface area (Å²) in [4.78, 5) is 24.6.